The van der Waals surface area contributed by atoms with Gasteiger partial charge in [0.2, 0.25) is 5.91 Å². The van der Waals surface area contributed by atoms with E-state index in [4.69, 9.17) is 4.42 Å². The van der Waals surface area contributed by atoms with Gasteiger partial charge >= 0.3 is 0 Å². The van der Waals surface area contributed by atoms with Crippen LogP contribution >= 0.6 is 11.8 Å². The maximum absolute atomic E-state index is 13.0. The van der Waals surface area contributed by atoms with Crippen LogP contribution in [0.4, 0.5) is 10.1 Å². The lowest BCUT2D eigenvalue weighted by atomic mass is 10.2. The second kappa shape index (κ2) is 9.71. The molecule has 0 atom stereocenters. The molecule has 2 N–H and O–H groups in total. The van der Waals surface area contributed by atoms with E-state index in [2.05, 4.69) is 29.6 Å². The van der Waals surface area contributed by atoms with Gasteiger partial charge in [0.25, 0.3) is 0 Å². The topological polar surface area (TPSA) is 77.4 Å². The Balaban J connectivity index is 1.70. The third kappa shape index (κ3) is 5.68. The molecule has 2 aromatic heterocycles. The normalized spacial score (nSPS) is 11.2. The van der Waals surface area contributed by atoms with Crippen molar-refractivity contribution in [2.75, 3.05) is 31.7 Å². The van der Waals surface area contributed by atoms with Crippen LogP contribution in [0, 0.1) is 12.7 Å². The first-order valence-corrected chi connectivity index (χ1v) is 10.4. The van der Waals surface area contributed by atoms with Crippen molar-refractivity contribution in [2.45, 2.75) is 25.0 Å². The van der Waals surface area contributed by atoms with Crippen LogP contribution in [0.3, 0.4) is 0 Å². The molecule has 0 saturated carbocycles. The molecule has 0 aliphatic heterocycles. The molecular weight excluding hydrogens is 393 g/mol. The number of aromatic nitrogens is 3. The molecule has 0 unspecified atom stereocenters. The van der Waals surface area contributed by atoms with Gasteiger partial charge in [-0.25, -0.2) is 4.39 Å². The highest BCUT2D eigenvalue weighted by atomic mass is 32.2. The average molecular weight is 419 g/mol. The Labute approximate surface area is 173 Å². The first-order valence-electron chi connectivity index (χ1n) is 9.39. The summed E-state index contributed by atoms with van der Waals surface area (Å²) in [6, 6.07) is 7.56. The van der Waals surface area contributed by atoms with Crippen molar-refractivity contribution < 1.29 is 18.5 Å². The first-order chi connectivity index (χ1) is 13.9. The van der Waals surface area contributed by atoms with Gasteiger partial charge in [0.1, 0.15) is 11.6 Å². The van der Waals surface area contributed by atoms with Crippen LogP contribution in [0.15, 0.2) is 46.2 Å². The van der Waals surface area contributed by atoms with Crippen molar-refractivity contribution in [1.82, 2.24) is 14.8 Å². The second-order valence-electron chi connectivity index (χ2n) is 7.00. The number of nitrogens with zero attached hydrogens (tertiary/aromatic N) is 3. The molecule has 0 aliphatic carbocycles. The van der Waals surface area contributed by atoms with E-state index in [0.717, 1.165) is 36.7 Å². The summed E-state index contributed by atoms with van der Waals surface area (Å²) >= 11 is 1.33. The van der Waals surface area contributed by atoms with Gasteiger partial charge in [-0.05, 0) is 37.3 Å². The van der Waals surface area contributed by atoms with Crippen molar-refractivity contribution in [3.05, 3.63) is 48.2 Å². The predicted octanol–water partition coefficient (Wildman–Crippen LogP) is 2.25. The molecule has 0 saturated heterocycles. The number of quaternary nitrogens is 1. The summed E-state index contributed by atoms with van der Waals surface area (Å²) in [6.07, 6.45) is 2.59. The zero-order chi connectivity index (χ0) is 20.8. The third-order valence-corrected chi connectivity index (χ3v) is 5.30. The summed E-state index contributed by atoms with van der Waals surface area (Å²) < 4.78 is 20.4. The molecule has 0 fully saturated rings. The number of thioether (sulfide) groups is 1. The largest absolute Gasteiger partial charge is 0.469 e. The molecule has 29 heavy (non-hydrogen) atoms. The van der Waals surface area contributed by atoms with Gasteiger partial charge in [-0.2, -0.15) is 0 Å². The third-order valence-electron chi connectivity index (χ3n) is 4.34. The monoisotopic (exact) mass is 418 g/mol. The number of halogens is 1. The molecular formula is C20H25FN5O2S+. The van der Waals surface area contributed by atoms with Gasteiger partial charge in [0.05, 0.1) is 38.2 Å². The Morgan fingerprint density at radius 1 is 1.24 bits per heavy atom. The SMILES string of the molecule is Cc1occc1-c1nnc(SCC(=O)Nc2ccc(F)cc2)n1CCC[NH+](C)C. The number of hydrogen-bond acceptors (Lipinski definition) is 5. The van der Waals surface area contributed by atoms with Gasteiger partial charge in [-0.15, -0.1) is 10.2 Å². The lowest BCUT2D eigenvalue weighted by molar-refractivity contribution is -0.858. The summed E-state index contributed by atoms with van der Waals surface area (Å²) in [5.41, 5.74) is 1.46. The summed E-state index contributed by atoms with van der Waals surface area (Å²) in [7, 11) is 4.23. The van der Waals surface area contributed by atoms with Crippen LogP contribution in [0.5, 0.6) is 0 Å². The van der Waals surface area contributed by atoms with Crippen molar-refractivity contribution in [2.24, 2.45) is 0 Å². The minimum absolute atomic E-state index is 0.179. The molecule has 2 heterocycles. The van der Waals surface area contributed by atoms with E-state index in [0.29, 0.717) is 10.8 Å². The van der Waals surface area contributed by atoms with Crippen molar-refractivity contribution in [3.8, 4) is 11.4 Å². The molecule has 3 rings (SSSR count). The number of carbonyl (C=O) groups excluding carboxylic acids is 1. The standard InChI is InChI=1S/C20H24FN5O2S/c1-14-17(9-12-28-14)19-23-24-20(26(19)11-4-10-25(2)3)29-13-18(27)22-16-7-5-15(21)6-8-16/h5-9,12H,4,10-11,13H2,1-3H3,(H,22,27)/p+1. The van der Waals surface area contributed by atoms with E-state index in [9.17, 15) is 9.18 Å². The Kier molecular flexibility index (Phi) is 7.05. The first kappa shape index (κ1) is 21.1. The summed E-state index contributed by atoms with van der Waals surface area (Å²) in [4.78, 5) is 13.6. The fraction of sp³-hybridized carbons (Fsp3) is 0.350. The Morgan fingerprint density at radius 2 is 2.00 bits per heavy atom. The molecule has 1 aromatic carbocycles. The number of benzene rings is 1. The lowest BCUT2D eigenvalue weighted by Crippen LogP contribution is -3.05. The van der Waals surface area contributed by atoms with Crippen LogP contribution in [0.2, 0.25) is 0 Å². The molecule has 0 aliphatic rings. The molecule has 3 aromatic rings. The fourth-order valence-electron chi connectivity index (χ4n) is 2.86. The van der Waals surface area contributed by atoms with E-state index in [-0.39, 0.29) is 17.5 Å². The predicted molar refractivity (Wildman–Crippen MR) is 111 cm³/mol. The van der Waals surface area contributed by atoms with E-state index >= 15 is 0 Å². The summed E-state index contributed by atoms with van der Waals surface area (Å²) in [6.45, 7) is 3.65. The zero-order valence-electron chi connectivity index (χ0n) is 16.7. The van der Waals surface area contributed by atoms with Gasteiger partial charge in [-0.1, -0.05) is 11.8 Å². The average Bonchev–Trinajstić information content (AvgIpc) is 3.27. The van der Waals surface area contributed by atoms with Crippen LogP contribution < -0.4 is 10.2 Å². The Hall–Kier alpha value is -2.65. The van der Waals surface area contributed by atoms with Crippen LogP contribution in [-0.4, -0.2) is 47.1 Å². The number of nitrogens with one attached hydrogen (secondary N) is 2. The highest BCUT2D eigenvalue weighted by Gasteiger charge is 2.18. The molecule has 1 amide bonds. The number of hydrogen-bond donors (Lipinski definition) is 2. The Morgan fingerprint density at radius 3 is 2.66 bits per heavy atom. The molecule has 0 spiro atoms. The molecule has 9 heteroatoms. The van der Waals surface area contributed by atoms with Crippen molar-refractivity contribution in [1.29, 1.82) is 0 Å². The van der Waals surface area contributed by atoms with Crippen LogP contribution in [-0.2, 0) is 11.3 Å². The van der Waals surface area contributed by atoms with E-state index in [1.807, 2.05) is 17.6 Å². The molecule has 7 nitrogen and oxygen atoms in total. The fourth-order valence-corrected chi connectivity index (χ4v) is 3.63. The lowest BCUT2D eigenvalue weighted by Gasteiger charge is -2.11. The maximum Gasteiger partial charge on any atom is 0.234 e. The quantitative estimate of drug-likeness (QED) is 0.521. The van der Waals surface area contributed by atoms with Crippen LogP contribution in [0.1, 0.15) is 12.2 Å². The van der Waals surface area contributed by atoms with Gasteiger partial charge in [0.15, 0.2) is 11.0 Å². The number of furan rings is 1. The Bertz CT molecular complexity index is 952. The molecule has 0 bridgehead atoms. The molecule has 154 valence electrons. The minimum atomic E-state index is -0.341. The van der Waals surface area contributed by atoms with Crippen molar-refractivity contribution >= 4 is 23.4 Å². The smallest absolute Gasteiger partial charge is 0.234 e. The van der Waals surface area contributed by atoms with E-state index < -0.39 is 0 Å². The maximum atomic E-state index is 13.0. The zero-order valence-corrected chi connectivity index (χ0v) is 17.6. The van der Waals surface area contributed by atoms with Crippen molar-refractivity contribution in [3.63, 3.8) is 0 Å². The summed E-state index contributed by atoms with van der Waals surface area (Å²) in [5, 5.41) is 12.1. The highest BCUT2D eigenvalue weighted by Crippen LogP contribution is 2.27. The minimum Gasteiger partial charge on any atom is -0.469 e. The van der Waals surface area contributed by atoms with E-state index in [1.165, 1.54) is 40.9 Å². The van der Waals surface area contributed by atoms with E-state index in [1.54, 1.807) is 6.26 Å². The number of aryl methyl sites for hydroxylation is 1. The van der Waals surface area contributed by atoms with Gasteiger partial charge < -0.3 is 19.2 Å². The number of rotatable bonds is 9. The number of amides is 1. The van der Waals surface area contributed by atoms with Gasteiger partial charge in [0, 0.05) is 18.7 Å². The number of carbonyl (C=O) groups is 1. The molecule has 0 radical (unpaired) electrons. The summed E-state index contributed by atoms with van der Waals surface area (Å²) in [5.74, 6) is 1.18. The highest BCUT2D eigenvalue weighted by molar-refractivity contribution is 7.99. The van der Waals surface area contributed by atoms with Crippen LogP contribution in [0.25, 0.3) is 11.4 Å². The number of anilines is 1. The second-order valence-corrected chi connectivity index (χ2v) is 7.95. The van der Waals surface area contributed by atoms with Gasteiger partial charge in [-0.3, -0.25) is 4.79 Å².